The second-order valence-electron chi connectivity index (χ2n) is 6.41. The van der Waals surface area contributed by atoms with E-state index in [1.807, 2.05) is 0 Å². The van der Waals surface area contributed by atoms with Gasteiger partial charge in [-0.3, -0.25) is 0 Å². The molecule has 0 aliphatic carbocycles. The summed E-state index contributed by atoms with van der Waals surface area (Å²) in [4.78, 5) is 8.26. The van der Waals surface area contributed by atoms with Crippen LogP contribution in [0, 0.1) is 5.92 Å². The summed E-state index contributed by atoms with van der Waals surface area (Å²) < 4.78 is 32.8. The maximum Gasteiger partial charge on any atom is 0.281 e. The first-order valence-electron chi connectivity index (χ1n) is 7.74. The van der Waals surface area contributed by atoms with Gasteiger partial charge in [-0.05, 0) is 24.8 Å². The van der Waals surface area contributed by atoms with Crippen molar-refractivity contribution in [1.82, 2.24) is 18.6 Å². The SMILES string of the molecule is CN(C)S(=O)(=O)N1CC2(CCC(CNc3ncccn3)CO2)C1. The van der Waals surface area contributed by atoms with Crippen molar-refractivity contribution < 1.29 is 13.2 Å². The fourth-order valence-corrected chi connectivity index (χ4v) is 4.20. The molecule has 1 spiro atoms. The quantitative estimate of drug-likeness (QED) is 0.822. The van der Waals surface area contributed by atoms with Crippen LogP contribution in [0.25, 0.3) is 0 Å². The lowest BCUT2D eigenvalue weighted by atomic mass is 9.84. The molecule has 3 heterocycles. The van der Waals surface area contributed by atoms with Crippen molar-refractivity contribution >= 4 is 16.2 Å². The van der Waals surface area contributed by atoms with Gasteiger partial charge in [0, 0.05) is 46.1 Å². The molecule has 9 heteroatoms. The Morgan fingerprint density at radius 2 is 2.09 bits per heavy atom. The van der Waals surface area contributed by atoms with Crippen LogP contribution in [0.1, 0.15) is 12.8 Å². The minimum absolute atomic E-state index is 0.289. The number of hydrogen-bond acceptors (Lipinski definition) is 6. The molecule has 0 saturated carbocycles. The average molecular weight is 341 g/mol. The van der Waals surface area contributed by atoms with E-state index in [2.05, 4.69) is 15.3 Å². The molecule has 2 saturated heterocycles. The minimum Gasteiger partial charge on any atom is -0.372 e. The van der Waals surface area contributed by atoms with Crippen LogP contribution in [0.4, 0.5) is 5.95 Å². The van der Waals surface area contributed by atoms with Gasteiger partial charge >= 0.3 is 0 Å². The van der Waals surface area contributed by atoms with Gasteiger partial charge in [0.2, 0.25) is 5.95 Å². The molecular formula is C14H23N5O3S. The van der Waals surface area contributed by atoms with Crippen LogP contribution in [0.5, 0.6) is 0 Å². The lowest BCUT2D eigenvalue weighted by molar-refractivity contribution is -0.156. The average Bonchev–Trinajstić information content (AvgIpc) is 2.52. The van der Waals surface area contributed by atoms with Crippen molar-refractivity contribution in [2.75, 3.05) is 45.7 Å². The maximum absolute atomic E-state index is 12.0. The van der Waals surface area contributed by atoms with Gasteiger partial charge in [-0.2, -0.15) is 17.0 Å². The van der Waals surface area contributed by atoms with Crippen LogP contribution in [-0.2, 0) is 14.9 Å². The molecule has 2 aliphatic rings. The van der Waals surface area contributed by atoms with Crippen LogP contribution >= 0.6 is 0 Å². The lowest BCUT2D eigenvalue weighted by Gasteiger charge is -2.52. The maximum atomic E-state index is 12.0. The molecule has 8 nitrogen and oxygen atoms in total. The van der Waals surface area contributed by atoms with Crippen LogP contribution in [-0.4, -0.2) is 72.9 Å². The zero-order valence-corrected chi connectivity index (χ0v) is 14.3. The topological polar surface area (TPSA) is 87.7 Å². The van der Waals surface area contributed by atoms with E-state index in [9.17, 15) is 8.42 Å². The van der Waals surface area contributed by atoms with E-state index in [0.29, 0.717) is 31.6 Å². The summed E-state index contributed by atoms with van der Waals surface area (Å²) in [6, 6.07) is 1.78. The Morgan fingerprint density at radius 1 is 1.39 bits per heavy atom. The molecule has 0 amide bonds. The molecule has 23 heavy (non-hydrogen) atoms. The Kier molecular flexibility index (Phi) is 4.54. The third kappa shape index (κ3) is 3.47. The van der Waals surface area contributed by atoms with Crippen LogP contribution in [0.3, 0.4) is 0 Å². The third-order valence-electron chi connectivity index (χ3n) is 4.46. The standard InChI is InChI=1S/C14H23N5O3S/c1-18(2)23(20,21)19-10-14(11-19)5-4-12(9-22-14)8-17-13-15-6-3-7-16-13/h3,6-7,12H,4-5,8-11H2,1-2H3,(H,15,16,17). The number of rotatable bonds is 5. The molecule has 1 aromatic heterocycles. The predicted octanol–water partition coefficient (Wildman–Crippen LogP) is 0.176. The number of hydrogen-bond donors (Lipinski definition) is 1. The zero-order chi connectivity index (χ0) is 16.5. The van der Waals surface area contributed by atoms with Crippen molar-refractivity contribution in [2.45, 2.75) is 18.4 Å². The second-order valence-corrected chi connectivity index (χ2v) is 8.55. The summed E-state index contributed by atoms with van der Waals surface area (Å²) in [7, 11) is -0.216. The zero-order valence-electron chi connectivity index (χ0n) is 13.5. The molecule has 128 valence electrons. The van der Waals surface area contributed by atoms with Gasteiger partial charge in [0.1, 0.15) is 0 Å². The van der Waals surface area contributed by atoms with Crippen LogP contribution in [0.15, 0.2) is 18.5 Å². The van der Waals surface area contributed by atoms with E-state index < -0.39 is 10.2 Å². The Labute approximate surface area is 137 Å². The van der Waals surface area contributed by atoms with Crippen molar-refractivity contribution in [3.05, 3.63) is 18.5 Å². The van der Waals surface area contributed by atoms with E-state index in [-0.39, 0.29) is 5.60 Å². The van der Waals surface area contributed by atoms with E-state index in [1.165, 1.54) is 8.61 Å². The minimum atomic E-state index is -3.32. The van der Waals surface area contributed by atoms with E-state index in [0.717, 1.165) is 19.4 Å². The van der Waals surface area contributed by atoms with Crippen molar-refractivity contribution in [3.63, 3.8) is 0 Å². The Balaban J connectivity index is 1.45. The molecule has 1 unspecified atom stereocenters. The second kappa shape index (κ2) is 6.31. The Bertz CT molecular complexity index is 621. The lowest BCUT2D eigenvalue weighted by Crippen LogP contribution is -2.67. The molecule has 1 N–H and O–H groups in total. The fourth-order valence-electron chi connectivity index (χ4n) is 2.94. The van der Waals surface area contributed by atoms with Gasteiger partial charge < -0.3 is 10.1 Å². The smallest absolute Gasteiger partial charge is 0.281 e. The third-order valence-corrected chi connectivity index (χ3v) is 6.30. The van der Waals surface area contributed by atoms with Gasteiger partial charge in [0.15, 0.2) is 0 Å². The molecule has 2 fully saturated rings. The highest BCUT2D eigenvalue weighted by Gasteiger charge is 2.51. The molecule has 1 atom stereocenters. The normalized spacial score (nSPS) is 24.6. The van der Waals surface area contributed by atoms with Crippen molar-refractivity contribution in [3.8, 4) is 0 Å². The molecule has 2 aliphatic heterocycles. The van der Waals surface area contributed by atoms with E-state index >= 15 is 0 Å². The Morgan fingerprint density at radius 3 is 2.65 bits per heavy atom. The Hall–Kier alpha value is -1.29. The van der Waals surface area contributed by atoms with Crippen molar-refractivity contribution in [1.29, 1.82) is 0 Å². The largest absolute Gasteiger partial charge is 0.372 e. The molecule has 0 radical (unpaired) electrons. The first-order valence-corrected chi connectivity index (χ1v) is 9.13. The molecule has 3 rings (SSSR count). The fraction of sp³-hybridized carbons (Fsp3) is 0.714. The van der Waals surface area contributed by atoms with Gasteiger partial charge in [-0.25, -0.2) is 9.97 Å². The number of nitrogens with one attached hydrogen (secondary N) is 1. The summed E-state index contributed by atoms with van der Waals surface area (Å²) in [5.41, 5.74) is -0.289. The highest BCUT2D eigenvalue weighted by atomic mass is 32.2. The highest BCUT2D eigenvalue weighted by molar-refractivity contribution is 7.86. The van der Waals surface area contributed by atoms with E-state index in [4.69, 9.17) is 4.74 Å². The number of anilines is 1. The monoisotopic (exact) mass is 341 g/mol. The summed E-state index contributed by atoms with van der Waals surface area (Å²) in [6.45, 7) is 2.31. The number of aromatic nitrogens is 2. The van der Waals surface area contributed by atoms with Gasteiger partial charge in [-0.15, -0.1) is 0 Å². The summed E-state index contributed by atoms with van der Waals surface area (Å²) in [5.74, 6) is 1.02. The van der Waals surface area contributed by atoms with Gasteiger partial charge in [-0.1, -0.05) is 0 Å². The highest BCUT2D eigenvalue weighted by Crippen LogP contribution is 2.37. The summed E-state index contributed by atoms with van der Waals surface area (Å²) >= 11 is 0. The predicted molar refractivity (Wildman–Crippen MR) is 86.1 cm³/mol. The van der Waals surface area contributed by atoms with Gasteiger partial charge in [0.05, 0.1) is 12.2 Å². The summed E-state index contributed by atoms with van der Waals surface area (Å²) in [6.07, 6.45) is 5.30. The number of ether oxygens (including phenoxy) is 1. The van der Waals surface area contributed by atoms with Crippen LogP contribution in [0.2, 0.25) is 0 Å². The number of nitrogens with zero attached hydrogens (tertiary/aromatic N) is 4. The van der Waals surface area contributed by atoms with E-state index in [1.54, 1.807) is 32.6 Å². The molecule has 1 aromatic rings. The first-order chi connectivity index (χ1) is 10.9. The summed E-state index contributed by atoms with van der Waals surface area (Å²) in [5, 5.41) is 3.21. The first kappa shape index (κ1) is 16.6. The molecule has 0 aromatic carbocycles. The van der Waals surface area contributed by atoms with Crippen molar-refractivity contribution in [2.24, 2.45) is 5.92 Å². The molecule has 0 bridgehead atoms. The molecular weight excluding hydrogens is 318 g/mol. The van der Waals surface area contributed by atoms with Crippen LogP contribution < -0.4 is 5.32 Å². The van der Waals surface area contributed by atoms with Gasteiger partial charge in [0.25, 0.3) is 10.2 Å².